The molecule has 0 aliphatic carbocycles. The molecule has 0 saturated carbocycles. The van der Waals surface area contributed by atoms with E-state index in [2.05, 4.69) is 15.6 Å². The molecule has 1 heterocycles. The summed E-state index contributed by atoms with van der Waals surface area (Å²) in [5.74, 6) is -0.0368. The number of nitrogens with zero attached hydrogens (tertiary/aromatic N) is 1. The van der Waals surface area contributed by atoms with Crippen LogP contribution in [0.5, 0.6) is 5.75 Å². The maximum atomic E-state index is 11.8. The highest BCUT2D eigenvalue weighted by atomic mass is 32.1. The van der Waals surface area contributed by atoms with Crippen LogP contribution < -0.4 is 15.4 Å². The fourth-order valence-corrected chi connectivity index (χ4v) is 2.16. The molecule has 0 saturated heterocycles. The molecule has 2 rings (SSSR count). The first-order valence-corrected chi connectivity index (χ1v) is 6.69. The number of carbonyl (C=O) groups excluding carboxylic acids is 2. The van der Waals surface area contributed by atoms with Crippen molar-refractivity contribution in [2.24, 2.45) is 0 Å². The van der Waals surface area contributed by atoms with Gasteiger partial charge in [0.15, 0.2) is 5.13 Å². The van der Waals surface area contributed by atoms with Gasteiger partial charge in [0.25, 0.3) is 0 Å². The normalized spacial score (nSPS) is 9.90. The molecule has 0 radical (unpaired) electrons. The quantitative estimate of drug-likeness (QED) is 0.673. The summed E-state index contributed by atoms with van der Waals surface area (Å²) < 4.78 is 4.94. The highest BCUT2D eigenvalue weighted by Gasteiger charge is 2.06. The number of urea groups is 1. The summed E-state index contributed by atoms with van der Waals surface area (Å²) in [6.07, 6.45) is 0. The van der Waals surface area contributed by atoms with Crippen LogP contribution in [0.4, 0.5) is 15.6 Å². The molecule has 2 aromatic rings. The van der Waals surface area contributed by atoms with Gasteiger partial charge in [-0.3, -0.25) is 10.1 Å². The first-order valence-electron chi connectivity index (χ1n) is 5.81. The molecule has 0 fully saturated rings. The number of ether oxygens (including phenoxy) is 1. The number of hydrogen-bond acceptors (Lipinski definition) is 5. The lowest BCUT2D eigenvalue weighted by atomic mass is 10.3. The Bertz CT molecular complexity index is 639. The van der Waals surface area contributed by atoms with Gasteiger partial charge in [0.05, 0.1) is 5.69 Å². The van der Waals surface area contributed by atoms with E-state index < -0.39 is 12.0 Å². The van der Waals surface area contributed by atoms with Crippen LogP contribution in [-0.4, -0.2) is 17.0 Å². The molecule has 7 heteroatoms. The highest BCUT2D eigenvalue weighted by molar-refractivity contribution is 7.13. The zero-order chi connectivity index (χ0) is 14.5. The molecule has 0 aliphatic heterocycles. The van der Waals surface area contributed by atoms with Gasteiger partial charge in [0, 0.05) is 24.1 Å². The molecule has 20 heavy (non-hydrogen) atoms. The Morgan fingerprint density at radius 3 is 2.75 bits per heavy atom. The van der Waals surface area contributed by atoms with Crippen LogP contribution in [0.1, 0.15) is 12.6 Å². The Morgan fingerprint density at radius 1 is 1.30 bits per heavy atom. The summed E-state index contributed by atoms with van der Waals surface area (Å²) in [7, 11) is 0. The zero-order valence-electron chi connectivity index (χ0n) is 11.0. The van der Waals surface area contributed by atoms with Gasteiger partial charge in [-0.25, -0.2) is 9.78 Å². The number of benzene rings is 1. The molecule has 0 bridgehead atoms. The minimum atomic E-state index is -0.412. The van der Waals surface area contributed by atoms with Crippen LogP contribution in [0, 0.1) is 6.92 Å². The van der Waals surface area contributed by atoms with Crippen LogP contribution >= 0.6 is 11.3 Å². The van der Waals surface area contributed by atoms with Crippen molar-refractivity contribution < 1.29 is 14.3 Å². The standard InChI is InChI=1S/C13H13N3O3S/c1-8-7-20-13(14-8)16-12(18)15-10-4-3-5-11(6-10)19-9(2)17/h3-7H,1-2H3,(H2,14,15,16,18). The Balaban J connectivity index is 1.98. The number of nitrogens with one attached hydrogen (secondary N) is 2. The average molecular weight is 291 g/mol. The van der Waals surface area contributed by atoms with E-state index >= 15 is 0 Å². The van der Waals surface area contributed by atoms with Crippen LogP contribution in [0.3, 0.4) is 0 Å². The van der Waals surface area contributed by atoms with Crippen molar-refractivity contribution in [1.29, 1.82) is 0 Å². The fraction of sp³-hybridized carbons (Fsp3) is 0.154. The smallest absolute Gasteiger partial charge is 0.325 e. The van der Waals surface area contributed by atoms with Crippen LogP contribution in [0.25, 0.3) is 0 Å². The molecule has 2 N–H and O–H groups in total. The number of aromatic nitrogens is 1. The minimum Gasteiger partial charge on any atom is -0.427 e. The third-order valence-electron chi connectivity index (χ3n) is 2.19. The van der Waals surface area contributed by atoms with E-state index in [1.165, 1.54) is 18.3 Å². The first kappa shape index (κ1) is 14.0. The second kappa shape index (κ2) is 6.16. The predicted octanol–water partition coefficient (Wildman–Crippen LogP) is 3.02. The van der Waals surface area contributed by atoms with Crippen molar-refractivity contribution in [2.45, 2.75) is 13.8 Å². The number of thiazole rings is 1. The minimum absolute atomic E-state index is 0.375. The molecule has 0 aliphatic rings. The Kier molecular flexibility index (Phi) is 4.31. The monoisotopic (exact) mass is 291 g/mol. The first-order chi connectivity index (χ1) is 9.52. The van der Waals surface area contributed by atoms with Gasteiger partial charge in [-0.2, -0.15) is 0 Å². The Morgan fingerprint density at radius 2 is 2.10 bits per heavy atom. The number of anilines is 2. The van der Waals surface area contributed by atoms with E-state index in [0.717, 1.165) is 5.69 Å². The number of rotatable bonds is 3. The van der Waals surface area contributed by atoms with Gasteiger partial charge >= 0.3 is 12.0 Å². The largest absolute Gasteiger partial charge is 0.427 e. The lowest BCUT2D eigenvalue weighted by Crippen LogP contribution is -2.19. The van der Waals surface area contributed by atoms with Gasteiger partial charge in [0.1, 0.15) is 5.75 Å². The SMILES string of the molecule is CC(=O)Oc1cccc(NC(=O)Nc2nc(C)cs2)c1. The van der Waals surface area contributed by atoms with Gasteiger partial charge in [-0.15, -0.1) is 11.3 Å². The zero-order valence-corrected chi connectivity index (χ0v) is 11.8. The molecule has 0 unspecified atom stereocenters. The van der Waals surface area contributed by atoms with Gasteiger partial charge in [-0.05, 0) is 19.1 Å². The van der Waals surface area contributed by atoms with Gasteiger partial charge < -0.3 is 10.1 Å². The van der Waals surface area contributed by atoms with Crippen molar-refractivity contribution in [3.8, 4) is 5.75 Å². The molecule has 0 atom stereocenters. The Hall–Kier alpha value is -2.41. The number of aryl methyl sites for hydroxylation is 1. The lowest BCUT2D eigenvalue weighted by Gasteiger charge is -2.07. The molecular weight excluding hydrogens is 278 g/mol. The van der Waals surface area contributed by atoms with E-state index in [1.54, 1.807) is 24.3 Å². The maximum absolute atomic E-state index is 11.8. The summed E-state index contributed by atoms with van der Waals surface area (Å²) in [4.78, 5) is 26.7. The molecule has 2 amide bonds. The van der Waals surface area contributed by atoms with E-state index in [9.17, 15) is 9.59 Å². The van der Waals surface area contributed by atoms with Crippen LogP contribution in [-0.2, 0) is 4.79 Å². The van der Waals surface area contributed by atoms with Crippen LogP contribution in [0.15, 0.2) is 29.6 Å². The van der Waals surface area contributed by atoms with E-state index in [4.69, 9.17) is 4.74 Å². The second-order valence-corrected chi connectivity index (χ2v) is 4.85. The molecule has 0 spiro atoms. The van der Waals surface area contributed by atoms with Crippen LogP contribution in [0.2, 0.25) is 0 Å². The summed E-state index contributed by atoms with van der Waals surface area (Å²) in [5.41, 5.74) is 1.37. The lowest BCUT2D eigenvalue weighted by molar-refractivity contribution is -0.131. The average Bonchev–Trinajstić information content (AvgIpc) is 2.74. The van der Waals surface area contributed by atoms with Crippen molar-refractivity contribution >= 4 is 34.2 Å². The summed E-state index contributed by atoms with van der Waals surface area (Å²) in [6, 6.07) is 6.17. The van der Waals surface area contributed by atoms with E-state index in [0.29, 0.717) is 16.6 Å². The maximum Gasteiger partial charge on any atom is 0.325 e. The van der Waals surface area contributed by atoms with E-state index in [-0.39, 0.29) is 0 Å². The van der Waals surface area contributed by atoms with Crippen molar-refractivity contribution in [3.63, 3.8) is 0 Å². The molecule has 104 valence electrons. The number of esters is 1. The van der Waals surface area contributed by atoms with E-state index in [1.807, 2.05) is 12.3 Å². The fourth-order valence-electron chi connectivity index (χ4n) is 1.47. The topological polar surface area (TPSA) is 80.3 Å². The van der Waals surface area contributed by atoms with Crippen molar-refractivity contribution in [1.82, 2.24) is 4.98 Å². The number of amides is 2. The number of carbonyl (C=O) groups is 2. The predicted molar refractivity (Wildman–Crippen MR) is 77.2 cm³/mol. The third kappa shape index (κ3) is 4.06. The van der Waals surface area contributed by atoms with Crippen molar-refractivity contribution in [3.05, 3.63) is 35.3 Å². The summed E-state index contributed by atoms with van der Waals surface area (Å²) in [5, 5.41) is 7.63. The second-order valence-electron chi connectivity index (χ2n) is 3.99. The van der Waals surface area contributed by atoms with Crippen molar-refractivity contribution in [2.75, 3.05) is 10.6 Å². The van der Waals surface area contributed by atoms with Gasteiger partial charge in [0.2, 0.25) is 0 Å². The molecular formula is C13H13N3O3S. The third-order valence-corrected chi connectivity index (χ3v) is 3.07. The molecule has 1 aromatic heterocycles. The molecule has 1 aromatic carbocycles. The molecule has 6 nitrogen and oxygen atoms in total. The number of hydrogen-bond donors (Lipinski definition) is 2. The van der Waals surface area contributed by atoms with Gasteiger partial charge in [-0.1, -0.05) is 6.07 Å². The summed E-state index contributed by atoms with van der Waals surface area (Å²) >= 11 is 1.35. The Labute approximate surface area is 119 Å². The highest BCUT2D eigenvalue weighted by Crippen LogP contribution is 2.18. The summed E-state index contributed by atoms with van der Waals surface area (Å²) in [6.45, 7) is 3.17.